The molecule has 0 amide bonds. The fourth-order valence-electron chi connectivity index (χ4n) is 1.47. The number of halogens is 1. The summed E-state index contributed by atoms with van der Waals surface area (Å²) in [4.78, 5) is 14.4. The first-order valence-corrected chi connectivity index (χ1v) is 6.12. The molecule has 2 aromatic rings. The lowest BCUT2D eigenvalue weighted by atomic mass is 10.2. The van der Waals surface area contributed by atoms with Crippen molar-refractivity contribution in [2.45, 2.75) is 6.92 Å². The van der Waals surface area contributed by atoms with Crippen LogP contribution in [0.25, 0.3) is 0 Å². The van der Waals surface area contributed by atoms with E-state index in [0.29, 0.717) is 10.2 Å². The number of aryl methyl sites for hydroxylation is 1. The number of nitro benzene ring substituents is 1. The van der Waals surface area contributed by atoms with E-state index in [9.17, 15) is 10.1 Å². The predicted octanol–water partition coefficient (Wildman–Crippen LogP) is 3.44. The number of anilines is 1. The van der Waals surface area contributed by atoms with Gasteiger partial charge >= 0.3 is 5.69 Å². The highest BCUT2D eigenvalue weighted by Gasteiger charge is 2.20. The van der Waals surface area contributed by atoms with Crippen LogP contribution in [0.3, 0.4) is 0 Å². The first kappa shape index (κ1) is 13.3. The number of ether oxygens (including phenoxy) is 1. The quantitative estimate of drug-likeness (QED) is 0.690. The Morgan fingerprint density at radius 3 is 2.84 bits per heavy atom. The third kappa shape index (κ3) is 2.65. The smallest absolute Gasteiger partial charge is 0.312 e. The summed E-state index contributed by atoms with van der Waals surface area (Å²) in [6, 6.07) is 6.29. The Hall–Kier alpha value is -2.15. The highest BCUT2D eigenvalue weighted by molar-refractivity contribution is 9.10. The topological polar surface area (TPSA) is 91.3 Å². The van der Waals surface area contributed by atoms with E-state index in [1.165, 1.54) is 12.3 Å². The molecule has 1 aromatic carbocycles. The number of nitro groups is 1. The monoisotopic (exact) mass is 323 g/mol. The van der Waals surface area contributed by atoms with Gasteiger partial charge in [-0.3, -0.25) is 10.1 Å². The molecule has 0 unspecified atom stereocenters. The van der Waals surface area contributed by atoms with Crippen LogP contribution in [0.15, 0.2) is 34.9 Å². The minimum atomic E-state index is -0.522. The summed E-state index contributed by atoms with van der Waals surface area (Å²) in [5.74, 6) is 0.229. The van der Waals surface area contributed by atoms with Gasteiger partial charge in [0.15, 0.2) is 0 Å². The summed E-state index contributed by atoms with van der Waals surface area (Å²) in [6.07, 6.45) is 1.53. The van der Waals surface area contributed by atoms with Crippen LogP contribution in [0, 0.1) is 17.0 Å². The van der Waals surface area contributed by atoms with Gasteiger partial charge in [-0.15, -0.1) is 0 Å². The average Bonchev–Trinajstić information content (AvgIpc) is 2.36. The van der Waals surface area contributed by atoms with Gasteiger partial charge in [0.05, 0.1) is 15.1 Å². The van der Waals surface area contributed by atoms with Crippen molar-refractivity contribution in [1.29, 1.82) is 0 Å². The number of benzene rings is 1. The van der Waals surface area contributed by atoms with Gasteiger partial charge in [-0.1, -0.05) is 6.07 Å². The Morgan fingerprint density at radius 2 is 2.16 bits per heavy atom. The van der Waals surface area contributed by atoms with E-state index in [2.05, 4.69) is 20.9 Å². The van der Waals surface area contributed by atoms with Crippen molar-refractivity contribution in [3.63, 3.8) is 0 Å². The number of pyridine rings is 1. The highest BCUT2D eigenvalue weighted by Crippen LogP contribution is 2.39. The molecule has 6 nitrogen and oxygen atoms in total. The van der Waals surface area contributed by atoms with Crippen LogP contribution in [-0.2, 0) is 0 Å². The normalized spacial score (nSPS) is 10.2. The van der Waals surface area contributed by atoms with Crippen molar-refractivity contribution in [3.8, 4) is 11.6 Å². The molecule has 0 aliphatic heterocycles. The van der Waals surface area contributed by atoms with Crippen molar-refractivity contribution in [2.75, 3.05) is 5.73 Å². The van der Waals surface area contributed by atoms with Crippen LogP contribution < -0.4 is 10.5 Å². The van der Waals surface area contributed by atoms with Gasteiger partial charge < -0.3 is 10.5 Å². The number of hydrogen-bond donors (Lipinski definition) is 1. The summed E-state index contributed by atoms with van der Waals surface area (Å²) < 4.78 is 5.95. The molecule has 98 valence electrons. The molecular formula is C12H10BrN3O3. The largest absolute Gasteiger partial charge is 0.429 e. The second-order valence-electron chi connectivity index (χ2n) is 3.79. The lowest BCUT2D eigenvalue weighted by molar-refractivity contribution is -0.385. The first-order chi connectivity index (χ1) is 9.00. The van der Waals surface area contributed by atoms with Gasteiger partial charge in [-0.2, -0.15) is 0 Å². The zero-order valence-electron chi connectivity index (χ0n) is 9.96. The minimum absolute atomic E-state index is 0.0808. The SMILES string of the molecule is Cc1ccnc(Oc2c(Br)cccc2[N+](=O)[O-])c1N. The summed E-state index contributed by atoms with van der Waals surface area (Å²) in [6.45, 7) is 1.80. The van der Waals surface area contributed by atoms with Crippen LogP contribution in [0.2, 0.25) is 0 Å². The molecule has 0 radical (unpaired) electrons. The molecule has 0 spiro atoms. The van der Waals surface area contributed by atoms with Crippen molar-refractivity contribution >= 4 is 27.3 Å². The fourth-order valence-corrected chi connectivity index (χ4v) is 1.90. The Bertz CT molecular complexity index is 646. The maximum absolute atomic E-state index is 11.0. The zero-order valence-corrected chi connectivity index (χ0v) is 11.5. The Labute approximate surface area is 117 Å². The Morgan fingerprint density at radius 1 is 1.42 bits per heavy atom. The van der Waals surface area contributed by atoms with Crippen LogP contribution in [0.4, 0.5) is 11.4 Å². The predicted molar refractivity (Wildman–Crippen MR) is 74.3 cm³/mol. The molecule has 2 N–H and O–H groups in total. The second-order valence-corrected chi connectivity index (χ2v) is 4.65. The molecule has 0 atom stereocenters. The lowest BCUT2D eigenvalue weighted by Crippen LogP contribution is -2.00. The van der Waals surface area contributed by atoms with Crippen LogP contribution >= 0.6 is 15.9 Å². The van der Waals surface area contributed by atoms with Gasteiger partial charge in [0.2, 0.25) is 11.6 Å². The van der Waals surface area contributed by atoms with Crippen LogP contribution in [0.1, 0.15) is 5.56 Å². The molecule has 0 saturated carbocycles. The molecule has 0 fully saturated rings. The van der Waals surface area contributed by atoms with Crippen molar-refractivity contribution in [2.24, 2.45) is 0 Å². The van der Waals surface area contributed by atoms with E-state index in [-0.39, 0.29) is 17.3 Å². The molecule has 0 bridgehead atoms. The average molecular weight is 324 g/mol. The number of para-hydroxylation sites is 1. The number of nitrogens with two attached hydrogens (primary N) is 1. The number of hydrogen-bond acceptors (Lipinski definition) is 5. The fraction of sp³-hybridized carbons (Fsp3) is 0.0833. The maximum atomic E-state index is 11.0. The lowest BCUT2D eigenvalue weighted by Gasteiger charge is -2.10. The summed E-state index contributed by atoms with van der Waals surface area (Å²) >= 11 is 3.22. The van der Waals surface area contributed by atoms with E-state index in [4.69, 9.17) is 10.5 Å². The molecule has 1 aromatic heterocycles. The standard InChI is InChI=1S/C12H10BrN3O3/c1-7-5-6-15-12(10(7)14)19-11-8(13)3-2-4-9(11)16(17)18/h2-6H,14H2,1H3. The third-order valence-corrected chi connectivity index (χ3v) is 3.14. The third-order valence-electron chi connectivity index (χ3n) is 2.51. The van der Waals surface area contributed by atoms with E-state index in [1.54, 1.807) is 25.1 Å². The summed E-state index contributed by atoms with van der Waals surface area (Å²) in [5.41, 5.74) is 6.82. The number of aromatic nitrogens is 1. The Balaban J connectivity index is 2.49. The van der Waals surface area contributed by atoms with Gasteiger partial charge in [-0.25, -0.2) is 4.98 Å². The van der Waals surface area contributed by atoms with Crippen LogP contribution in [-0.4, -0.2) is 9.91 Å². The van der Waals surface area contributed by atoms with E-state index < -0.39 is 4.92 Å². The second kappa shape index (κ2) is 5.23. The number of rotatable bonds is 3. The van der Waals surface area contributed by atoms with Crippen LogP contribution in [0.5, 0.6) is 11.6 Å². The van der Waals surface area contributed by atoms with Gasteiger partial charge in [0, 0.05) is 12.3 Å². The van der Waals surface area contributed by atoms with Gasteiger partial charge in [0.25, 0.3) is 0 Å². The van der Waals surface area contributed by atoms with Crippen molar-refractivity contribution in [1.82, 2.24) is 4.98 Å². The number of nitrogen functional groups attached to an aromatic ring is 1. The van der Waals surface area contributed by atoms with Crippen molar-refractivity contribution in [3.05, 3.63) is 50.6 Å². The number of nitrogens with zero attached hydrogens (tertiary/aromatic N) is 2. The first-order valence-electron chi connectivity index (χ1n) is 5.32. The Kier molecular flexibility index (Phi) is 3.66. The molecule has 0 aliphatic rings. The van der Waals surface area contributed by atoms with Gasteiger partial charge in [-0.05, 0) is 40.5 Å². The molecule has 7 heteroatoms. The summed E-state index contributed by atoms with van der Waals surface area (Å²) in [7, 11) is 0. The molecule has 0 saturated heterocycles. The van der Waals surface area contributed by atoms with Gasteiger partial charge in [0.1, 0.15) is 0 Å². The molecule has 0 aliphatic carbocycles. The summed E-state index contributed by atoms with van der Waals surface area (Å²) in [5, 5.41) is 11.0. The van der Waals surface area contributed by atoms with E-state index >= 15 is 0 Å². The maximum Gasteiger partial charge on any atom is 0.312 e. The zero-order chi connectivity index (χ0) is 14.0. The van der Waals surface area contributed by atoms with E-state index in [1.807, 2.05) is 0 Å². The van der Waals surface area contributed by atoms with Crippen molar-refractivity contribution < 1.29 is 9.66 Å². The minimum Gasteiger partial charge on any atom is -0.429 e. The highest BCUT2D eigenvalue weighted by atomic mass is 79.9. The van der Waals surface area contributed by atoms with E-state index in [0.717, 1.165) is 5.56 Å². The molecular weight excluding hydrogens is 314 g/mol. The molecule has 2 rings (SSSR count). The molecule has 1 heterocycles. The molecule has 19 heavy (non-hydrogen) atoms.